The summed E-state index contributed by atoms with van der Waals surface area (Å²) in [5.74, 6) is -0.224. The highest BCUT2D eigenvalue weighted by Crippen LogP contribution is 2.23. The number of nitrogens with zero attached hydrogens (tertiary/aromatic N) is 2. The van der Waals surface area contributed by atoms with E-state index in [2.05, 4.69) is 14.9 Å². The molecule has 1 N–H and O–H groups in total. The molecule has 0 bridgehead atoms. The Labute approximate surface area is 127 Å². The molecule has 0 aliphatic carbocycles. The fourth-order valence-corrected chi connectivity index (χ4v) is 2.77. The van der Waals surface area contributed by atoms with Crippen molar-refractivity contribution in [2.24, 2.45) is 0 Å². The average Bonchev–Trinajstić information content (AvgIpc) is 2.95. The first kappa shape index (κ1) is 14.1. The summed E-state index contributed by atoms with van der Waals surface area (Å²) >= 11 is 5.91. The Morgan fingerprint density at radius 2 is 2.24 bits per heavy atom. The zero-order valence-corrected chi connectivity index (χ0v) is 12.4. The Morgan fingerprint density at radius 3 is 2.95 bits per heavy atom. The summed E-state index contributed by atoms with van der Waals surface area (Å²) in [6.07, 6.45) is 2.24. The molecule has 2 heterocycles. The van der Waals surface area contributed by atoms with Crippen LogP contribution in [-0.2, 0) is 29.0 Å². The number of methoxy groups -OCH3 is 1. The number of aromatic nitrogens is 2. The molecular formula is C15H16ClN3O2. The van der Waals surface area contributed by atoms with Gasteiger partial charge in [-0.3, -0.25) is 9.69 Å². The van der Waals surface area contributed by atoms with Gasteiger partial charge in [-0.05, 0) is 17.7 Å². The molecule has 1 aromatic carbocycles. The number of hydrogen-bond acceptors (Lipinski definition) is 4. The van der Waals surface area contributed by atoms with Crippen molar-refractivity contribution in [2.75, 3.05) is 7.11 Å². The summed E-state index contributed by atoms with van der Waals surface area (Å²) < 4.78 is 4.93. The molecule has 0 amide bonds. The zero-order valence-electron chi connectivity index (χ0n) is 11.7. The van der Waals surface area contributed by atoms with Gasteiger partial charge in [0.2, 0.25) is 0 Å². The summed E-state index contributed by atoms with van der Waals surface area (Å²) in [5, 5.41) is 0.706. The van der Waals surface area contributed by atoms with Crippen molar-refractivity contribution in [1.82, 2.24) is 14.9 Å². The van der Waals surface area contributed by atoms with E-state index in [9.17, 15) is 4.79 Å². The summed E-state index contributed by atoms with van der Waals surface area (Å²) in [6, 6.07) is 7.35. The van der Waals surface area contributed by atoms with Crippen LogP contribution in [0.25, 0.3) is 0 Å². The minimum atomic E-state index is -0.304. The molecule has 21 heavy (non-hydrogen) atoms. The number of hydrogen-bond donors (Lipinski definition) is 1. The minimum Gasteiger partial charge on any atom is -0.468 e. The van der Waals surface area contributed by atoms with Gasteiger partial charge in [-0.15, -0.1) is 0 Å². The van der Waals surface area contributed by atoms with E-state index in [1.165, 1.54) is 7.11 Å². The van der Waals surface area contributed by atoms with E-state index in [1.54, 1.807) is 6.33 Å². The first-order chi connectivity index (χ1) is 10.2. The van der Waals surface area contributed by atoms with Gasteiger partial charge >= 0.3 is 5.97 Å². The highest BCUT2D eigenvalue weighted by molar-refractivity contribution is 6.30. The van der Waals surface area contributed by atoms with Gasteiger partial charge < -0.3 is 9.72 Å². The molecule has 0 spiro atoms. The minimum absolute atomic E-state index is 0.224. The van der Waals surface area contributed by atoms with Crippen LogP contribution < -0.4 is 0 Å². The summed E-state index contributed by atoms with van der Waals surface area (Å²) in [5.41, 5.74) is 3.11. The van der Waals surface area contributed by atoms with E-state index >= 15 is 0 Å². The summed E-state index contributed by atoms with van der Waals surface area (Å²) in [7, 11) is 1.42. The van der Waals surface area contributed by atoms with Crippen LogP contribution in [0.4, 0.5) is 0 Å². The van der Waals surface area contributed by atoms with Crippen LogP contribution in [0.5, 0.6) is 0 Å². The van der Waals surface area contributed by atoms with E-state index in [0.717, 1.165) is 17.0 Å². The normalized spacial score (nSPS) is 18.3. The number of halogens is 1. The number of imidazole rings is 1. The maximum Gasteiger partial charge on any atom is 0.323 e. The lowest BCUT2D eigenvalue weighted by molar-refractivity contribution is -0.148. The summed E-state index contributed by atoms with van der Waals surface area (Å²) in [4.78, 5) is 21.5. The Bertz CT molecular complexity index is 639. The second-order valence-electron chi connectivity index (χ2n) is 5.10. The van der Waals surface area contributed by atoms with E-state index in [4.69, 9.17) is 16.3 Å². The Morgan fingerprint density at radius 1 is 1.48 bits per heavy atom. The number of esters is 1. The maximum atomic E-state index is 12.0. The number of carbonyl (C=O) groups excluding carboxylic acids is 1. The molecule has 5 nitrogen and oxygen atoms in total. The highest BCUT2D eigenvalue weighted by atomic mass is 35.5. The van der Waals surface area contributed by atoms with Crippen molar-refractivity contribution >= 4 is 17.6 Å². The van der Waals surface area contributed by atoms with Gasteiger partial charge in [0.25, 0.3) is 0 Å². The summed E-state index contributed by atoms with van der Waals surface area (Å²) in [6.45, 7) is 1.31. The number of nitrogens with one attached hydrogen (secondary N) is 1. The molecular weight excluding hydrogens is 290 g/mol. The molecule has 0 fully saturated rings. The number of benzene rings is 1. The number of ether oxygens (including phenoxy) is 1. The smallest absolute Gasteiger partial charge is 0.323 e. The predicted molar refractivity (Wildman–Crippen MR) is 78.8 cm³/mol. The molecule has 1 atom stereocenters. The van der Waals surface area contributed by atoms with Gasteiger partial charge in [-0.25, -0.2) is 4.98 Å². The Kier molecular flexibility index (Phi) is 3.94. The molecule has 110 valence electrons. The fourth-order valence-electron chi connectivity index (χ4n) is 2.65. The van der Waals surface area contributed by atoms with Crippen molar-refractivity contribution in [3.05, 3.63) is 52.6 Å². The van der Waals surface area contributed by atoms with Gasteiger partial charge in [0.1, 0.15) is 6.04 Å². The quantitative estimate of drug-likeness (QED) is 0.883. The van der Waals surface area contributed by atoms with Gasteiger partial charge in [-0.2, -0.15) is 0 Å². The van der Waals surface area contributed by atoms with Crippen LogP contribution >= 0.6 is 11.6 Å². The second kappa shape index (κ2) is 5.87. The predicted octanol–water partition coefficient (Wildman–Crippen LogP) is 2.16. The van der Waals surface area contributed by atoms with Crippen molar-refractivity contribution in [3.8, 4) is 0 Å². The van der Waals surface area contributed by atoms with Gasteiger partial charge in [-0.1, -0.05) is 23.7 Å². The molecule has 6 heteroatoms. The third-order valence-corrected chi connectivity index (χ3v) is 4.02. The van der Waals surface area contributed by atoms with Crippen LogP contribution in [0.15, 0.2) is 30.6 Å². The topological polar surface area (TPSA) is 58.2 Å². The molecule has 1 aliphatic rings. The lowest BCUT2D eigenvalue weighted by Gasteiger charge is -2.33. The lowest BCUT2D eigenvalue weighted by atomic mass is 10.0. The molecule has 1 unspecified atom stereocenters. The number of carbonyl (C=O) groups is 1. The molecule has 1 aliphatic heterocycles. The van der Waals surface area contributed by atoms with Crippen molar-refractivity contribution in [2.45, 2.75) is 25.6 Å². The van der Waals surface area contributed by atoms with Crippen LogP contribution in [0.2, 0.25) is 5.02 Å². The van der Waals surface area contributed by atoms with Crippen LogP contribution in [0.3, 0.4) is 0 Å². The first-order valence-corrected chi connectivity index (χ1v) is 7.12. The van der Waals surface area contributed by atoms with Crippen molar-refractivity contribution in [1.29, 1.82) is 0 Å². The maximum absolute atomic E-state index is 12.0. The molecule has 0 saturated heterocycles. The zero-order chi connectivity index (χ0) is 14.8. The number of fused-ring (bicyclic) bond motifs is 1. The van der Waals surface area contributed by atoms with Gasteiger partial charge in [0.15, 0.2) is 0 Å². The largest absolute Gasteiger partial charge is 0.468 e. The monoisotopic (exact) mass is 305 g/mol. The van der Waals surface area contributed by atoms with Crippen LogP contribution in [-0.4, -0.2) is 34.0 Å². The second-order valence-corrected chi connectivity index (χ2v) is 5.54. The molecule has 1 aromatic heterocycles. The number of rotatable bonds is 3. The average molecular weight is 306 g/mol. The van der Waals surface area contributed by atoms with E-state index in [1.807, 2.05) is 24.3 Å². The Hall–Kier alpha value is -1.85. The molecule has 0 saturated carbocycles. The van der Waals surface area contributed by atoms with E-state index in [0.29, 0.717) is 24.5 Å². The van der Waals surface area contributed by atoms with E-state index < -0.39 is 0 Å². The third kappa shape index (κ3) is 2.94. The molecule has 2 aromatic rings. The molecule has 0 radical (unpaired) electrons. The molecule has 3 rings (SSSR count). The van der Waals surface area contributed by atoms with E-state index in [-0.39, 0.29) is 12.0 Å². The Balaban J connectivity index is 1.83. The van der Waals surface area contributed by atoms with Crippen LogP contribution in [0.1, 0.15) is 17.0 Å². The highest BCUT2D eigenvalue weighted by Gasteiger charge is 2.33. The van der Waals surface area contributed by atoms with Crippen molar-refractivity contribution in [3.63, 3.8) is 0 Å². The third-order valence-electron chi connectivity index (χ3n) is 3.77. The lowest BCUT2D eigenvalue weighted by Crippen LogP contribution is -2.45. The van der Waals surface area contributed by atoms with Crippen LogP contribution in [0, 0.1) is 0 Å². The van der Waals surface area contributed by atoms with Crippen molar-refractivity contribution < 1.29 is 9.53 Å². The van der Waals surface area contributed by atoms with Gasteiger partial charge in [0.05, 0.1) is 24.8 Å². The van der Waals surface area contributed by atoms with Gasteiger partial charge in [0, 0.05) is 24.5 Å². The SMILES string of the molecule is COC(=O)C1Cc2nc[nH]c2CN1Cc1ccc(Cl)cc1. The number of aromatic amines is 1. The number of H-pyrrole nitrogens is 1. The fraction of sp³-hybridized carbons (Fsp3) is 0.333. The standard InChI is InChI=1S/C15H16ClN3O2/c1-21-15(20)14-6-12-13(18-9-17-12)8-19(14)7-10-2-4-11(16)5-3-10/h2-5,9,14H,6-8H2,1H3,(H,17,18). The first-order valence-electron chi connectivity index (χ1n) is 6.75.